The normalized spacial score (nSPS) is 18.9. The molecule has 1 heterocycles. The molecule has 0 bridgehead atoms. The number of hydrogen-bond donors (Lipinski definition) is 2. The molecule has 2 aromatic carbocycles. The van der Waals surface area contributed by atoms with Gasteiger partial charge in [0.1, 0.15) is 12.6 Å². The third-order valence-electron chi connectivity index (χ3n) is 6.88. The quantitative estimate of drug-likeness (QED) is 0.628. The van der Waals surface area contributed by atoms with Crippen molar-refractivity contribution in [2.45, 2.75) is 39.2 Å². The van der Waals surface area contributed by atoms with Crippen molar-refractivity contribution >= 4 is 18.0 Å². The first-order chi connectivity index (χ1) is 16.2. The van der Waals surface area contributed by atoms with Crippen LogP contribution in [0, 0.1) is 5.41 Å². The Morgan fingerprint density at radius 3 is 2.26 bits per heavy atom. The Balaban J connectivity index is 1.33. The van der Waals surface area contributed by atoms with Gasteiger partial charge in [-0.15, -0.1) is 0 Å². The minimum absolute atomic E-state index is 0.0246. The minimum atomic E-state index is -1.000. The lowest BCUT2D eigenvalue weighted by Crippen LogP contribution is -2.46. The van der Waals surface area contributed by atoms with Gasteiger partial charge in [0.15, 0.2) is 0 Å². The number of carbonyl (C=O) groups excluding carboxylic acids is 2. The van der Waals surface area contributed by atoms with Crippen molar-refractivity contribution in [2.75, 3.05) is 19.7 Å². The molecule has 2 N–H and O–H groups in total. The van der Waals surface area contributed by atoms with Crippen LogP contribution in [0.15, 0.2) is 60.2 Å². The summed E-state index contributed by atoms with van der Waals surface area (Å²) in [6, 6.07) is 15.4. The fourth-order valence-corrected chi connectivity index (χ4v) is 5.03. The summed E-state index contributed by atoms with van der Waals surface area (Å²) in [5.74, 6) is -1.35. The van der Waals surface area contributed by atoms with Gasteiger partial charge in [-0.3, -0.25) is 4.79 Å². The van der Waals surface area contributed by atoms with Gasteiger partial charge in [0.05, 0.1) is 0 Å². The van der Waals surface area contributed by atoms with Gasteiger partial charge in [-0.1, -0.05) is 68.5 Å². The zero-order chi connectivity index (χ0) is 24.5. The van der Waals surface area contributed by atoms with Gasteiger partial charge >= 0.3 is 12.1 Å². The van der Waals surface area contributed by atoms with E-state index in [2.05, 4.69) is 29.6 Å². The molecule has 1 unspecified atom stereocenters. The molecule has 1 aliphatic heterocycles. The smallest absolute Gasteiger partial charge is 0.407 e. The van der Waals surface area contributed by atoms with Gasteiger partial charge in [-0.25, -0.2) is 9.59 Å². The summed E-state index contributed by atoms with van der Waals surface area (Å²) in [4.78, 5) is 38.2. The largest absolute Gasteiger partial charge is 0.480 e. The zero-order valence-corrected chi connectivity index (χ0v) is 19.7. The van der Waals surface area contributed by atoms with Crippen LogP contribution >= 0.6 is 0 Å². The lowest BCUT2D eigenvalue weighted by Gasteiger charge is -2.29. The van der Waals surface area contributed by atoms with Crippen molar-refractivity contribution in [2.24, 2.45) is 5.41 Å². The molecule has 2 aliphatic rings. The molecule has 0 aromatic heterocycles. The second-order valence-corrected chi connectivity index (χ2v) is 9.57. The SMILES string of the molecule is C/C(=C\CNC(=O)OCC1c2ccccc2-c2ccccc21)C(=O)N1CCC(C)(C)C1C(=O)O. The first-order valence-corrected chi connectivity index (χ1v) is 11.5. The lowest BCUT2D eigenvalue weighted by molar-refractivity contribution is -0.149. The van der Waals surface area contributed by atoms with Gasteiger partial charge in [-0.2, -0.15) is 0 Å². The molecule has 4 rings (SSSR count). The number of ether oxygens (including phenoxy) is 1. The number of carboxylic acid groups (broad SMARTS) is 1. The van der Waals surface area contributed by atoms with E-state index >= 15 is 0 Å². The van der Waals surface area contributed by atoms with E-state index in [4.69, 9.17) is 4.74 Å². The third-order valence-corrected chi connectivity index (χ3v) is 6.88. The van der Waals surface area contributed by atoms with Gasteiger partial charge in [0.25, 0.3) is 0 Å². The van der Waals surface area contributed by atoms with E-state index in [0.29, 0.717) is 18.5 Å². The Hall–Kier alpha value is -3.61. The maximum atomic E-state index is 12.8. The first-order valence-electron chi connectivity index (χ1n) is 11.5. The van der Waals surface area contributed by atoms with Crippen molar-refractivity contribution in [3.05, 3.63) is 71.3 Å². The summed E-state index contributed by atoms with van der Waals surface area (Å²) < 4.78 is 5.51. The maximum Gasteiger partial charge on any atom is 0.407 e. The Morgan fingerprint density at radius 2 is 1.68 bits per heavy atom. The number of benzene rings is 2. The van der Waals surface area contributed by atoms with Crippen LogP contribution in [0.3, 0.4) is 0 Å². The van der Waals surface area contributed by atoms with Crippen molar-refractivity contribution in [3.8, 4) is 11.1 Å². The summed E-state index contributed by atoms with van der Waals surface area (Å²) in [7, 11) is 0. The number of carboxylic acids is 1. The van der Waals surface area contributed by atoms with E-state index in [1.165, 1.54) is 4.90 Å². The number of carbonyl (C=O) groups is 3. The van der Waals surface area contributed by atoms with Crippen molar-refractivity contribution in [1.82, 2.24) is 10.2 Å². The molecule has 1 saturated heterocycles. The van der Waals surface area contributed by atoms with Crippen LogP contribution in [0.1, 0.15) is 44.2 Å². The summed E-state index contributed by atoms with van der Waals surface area (Å²) in [6.07, 6.45) is 1.65. The molecule has 34 heavy (non-hydrogen) atoms. The topological polar surface area (TPSA) is 95.9 Å². The lowest BCUT2D eigenvalue weighted by atomic mass is 9.85. The molecule has 2 aromatic rings. The van der Waals surface area contributed by atoms with Crippen molar-refractivity contribution in [1.29, 1.82) is 0 Å². The number of nitrogens with zero attached hydrogens (tertiary/aromatic N) is 1. The number of alkyl carbamates (subject to hydrolysis) is 1. The fraction of sp³-hybridized carbons (Fsp3) is 0.370. The molecule has 7 heteroatoms. The molecule has 1 fully saturated rings. The highest BCUT2D eigenvalue weighted by Crippen LogP contribution is 2.44. The molecule has 0 spiro atoms. The zero-order valence-electron chi connectivity index (χ0n) is 19.7. The monoisotopic (exact) mass is 462 g/mol. The fourth-order valence-electron chi connectivity index (χ4n) is 5.03. The Bertz CT molecular complexity index is 1110. The maximum absolute atomic E-state index is 12.8. The molecule has 178 valence electrons. The van der Waals surface area contributed by atoms with Gasteiger partial charge in [-0.05, 0) is 41.0 Å². The van der Waals surface area contributed by atoms with Crippen LogP contribution in [-0.4, -0.2) is 53.7 Å². The highest BCUT2D eigenvalue weighted by molar-refractivity contribution is 5.96. The molecule has 2 amide bonds. The second kappa shape index (κ2) is 9.33. The van der Waals surface area contributed by atoms with Crippen LogP contribution in [0.2, 0.25) is 0 Å². The average molecular weight is 463 g/mol. The summed E-state index contributed by atoms with van der Waals surface area (Å²) >= 11 is 0. The van der Waals surface area contributed by atoms with Gasteiger partial charge in [0, 0.05) is 24.6 Å². The molecular weight excluding hydrogens is 432 g/mol. The molecule has 0 saturated carbocycles. The first kappa shape index (κ1) is 23.5. The third kappa shape index (κ3) is 4.42. The van der Waals surface area contributed by atoms with E-state index < -0.39 is 23.5 Å². The summed E-state index contributed by atoms with van der Waals surface area (Å²) in [5.41, 5.74) is 4.51. The van der Waals surface area contributed by atoms with E-state index in [9.17, 15) is 19.5 Å². The molecular formula is C27H30N2O5. The summed E-state index contributed by atoms with van der Waals surface area (Å²) in [5, 5.41) is 12.2. The Kier molecular flexibility index (Phi) is 6.46. The number of likely N-dealkylation sites (tertiary alicyclic amines) is 1. The minimum Gasteiger partial charge on any atom is -0.480 e. The number of fused-ring (bicyclic) bond motifs is 3. The van der Waals surface area contributed by atoms with Crippen LogP contribution in [0.4, 0.5) is 4.79 Å². The van der Waals surface area contributed by atoms with Crippen LogP contribution in [0.25, 0.3) is 11.1 Å². The Labute approximate surface area is 199 Å². The number of aliphatic carboxylic acids is 1. The molecule has 0 radical (unpaired) electrons. The number of rotatable bonds is 6. The highest BCUT2D eigenvalue weighted by atomic mass is 16.5. The molecule has 7 nitrogen and oxygen atoms in total. The Morgan fingerprint density at radius 1 is 1.09 bits per heavy atom. The number of amides is 2. The van der Waals surface area contributed by atoms with Gasteiger partial charge < -0.3 is 20.1 Å². The van der Waals surface area contributed by atoms with Crippen LogP contribution in [0.5, 0.6) is 0 Å². The van der Waals surface area contributed by atoms with Crippen LogP contribution < -0.4 is 5.32 Å². The van der Waals surface area contributed by atoms with E-state index in [1.54, 1.807) is 13.0 Å². The van der Waals surface area contributed by atoms with E-state index in [-0.39, 0.29) is 25.0 Å². The number of hydrogen-bond acceptors (Lipinski definition) is 4. The average Bonchev–Trinajstić information content (AvgIpc) is 3.31. The second-order valence-electron chi connectivity index (χ2n) is 9.57. The van der Waals surface area contributed by atoms with Crippen molar-refractivity contribution < 1.29 is 24.2 Å². The van der Waals surface area contributed by atoms with Gasteiger partial charge in [0.2, 0.25) is 5.91 Å². The van der Waals surface area contributed by atoms with E-state index in [0.717, 1.165) is 22.3 Å². The van der Waals surface area contributed by atoms with Crippen molar-refractivity contribution in [3.63, 3.8) is 0 Å². The predicted octanol–water partition coefficient (Wildman–Crippen LogP) is 4.18. The summed E-state index contributed by atoms with van der Waals surface area (Å²) in [6.45, 7) is 6.07. The molecule has 1 aliphatic carbocycles. The van der Waals surface area contributed by atoms with Crippen LogP contribution in [-0.2, 0) is 14.3 Å². The standard InChI is InChI=1S/C27H30N2O5/c1-17(24(30)29-15-13-27(2,3)23(29)25(31)32)12-14-28-26(33)34-16-22-20-10-6-4-8-18(20)19-9-5-7-11-21(19)22/h4-12,22-23H,13-16H2,1-3H3,(H,28,33)(H,31,32)/b17-12+. The molecule has 1 atom stereocenters. The van der Waals surface area contributed by atoms with E-state index in [1.807, 2.05) is 38.1 Å². The number of nitrogens with one attached hydrogen (secondary N) is 1. The predicted molar refractivity (Wildman–Crippen MR) is 128 cm³/mol. The highest BCUT2D eigenvalue weighted by Gasteiger charge is 2.47.